The molecule has 34 heavy (non-hydrogen) atoms. The van der Waals surface area contributed by atoms with Gasteiger partial charge in [0.15, 0.2) is 0 Å². The number of rotatable bonds is 6. The smallest absolute Gasteiger partial charge is 0.341 e. The lowest BCUT2D eigenvalue weighted by Gasteiger charge is -2.25. The van der Waals surface area contributed by atoms with E-state index in [0.717, 1.165) is 31.0 Å². The van der Waals surface area contributed by atoms with Crippen LogP contribution in [0, 0.1) is 5.82 Å². The molecule has 0 aliphatic carbocycles. The van der Waals surface area contributed by atoms with Gasteiger partial charge in [0.25, 0.3) is 0 Å². The largest absolute Gasteiger partial charge is 0.416 e. The molecule has 11 heteroatoms. The monoisotopic (exact) mass is 499 g/mol. The molecule has 4 rings (SSSR count). The fourth-order valence-electron chi connectivity index (χ4n) is 4.38. The van der Waals surface area contributed by atoms with E-state index in [1.807, 2.05) is 0 Å². The Morgan fingerprint density at radius 1 is 1.15 bits per heavy atom. The number of carbonyl (C=O) groups is 1. The molecule has 2 aliphatic heterocycles. The van der Waals surface area contributed by atoms with Crippen LogP contribution in [0.15, 0.2) is 41.3 Å². The number of carbonyl (C=O) groups excluding carboxylic acids is 1. The number of amides is 1. The molecule has 0 unspecified atom stereocenters. The van der Waals surface area contributed by atoms with E-state index in [1.54, 1.807) is 0 Å². The highest BCUT2D eigenvalue weighted by Crippen LogP contribution is 2.30. The third-order valence-electron chi connectivity index (χ3n) is 6.15. The van der Waals surface area contributed by atoms with Crippen LogP contribution in [-0.2, 0) is 40.4 Å². The van der Waals surface area contributed by atoms with Crippen LogP contribution >= 0.6 is 0 Å². The van der Waals surface area contributed by atoms with Crippen molar-refractivity contribution in [2.24, 2.45) is 0 Å². The number of sulfonamides is 1. The molecule has 2 heterocycles. The maximum atomic E-state index is 14.6. The summed E-state index contributed by atoms with van der Waals surface area (Å²) in [6, 6.07) is 5.43. The molecule has 2 aromatic rings. The van der Waals surface area contributed by atoms with Crippen molar-refractivity contribution in [1.29, 1.82) is 0 Å². The number of benzene rings is 2. The molecule has 1 atom stereocenters. The van der Waals surface area contributed by atoms with Gasteiger partial charge in [-0.2, -0.15) is 17.9 Å². The molecule has 0 saturated carbocycles. The molecule has 0 spiro atoms. The summed E-state index contributed by atoms with van der Waals surface area (Å²) in [5.74, 6) is -1.17. The minimum Gasteiger partial charge on any atom is -0.341 e. The van der Waals surface area contributed by atoms with Gasteiger partial charge in [0.2, 0.25) is 15.9 Å². The van der Waals surface area contributed by atoms with Gasteiger partial charge < -0.3 is 10.2 Å². The Morgan fingerprint density at radius 3 is 2.59 bits per heavy atom. The summed E-state index contributed by atoms with van der Waals surface area (Å²) in [6.07, 6.45) is -2.86. The van der Waals surface area contributed by atoms with Gasteiger partial charge in [0.05, 0.1) is 10.5 Å². The van der Waals surface area contributed by atoms with E-state index in [9.17, 15) is 30.8 Å². The number of alkyl halides is 3. The standard InChI is InChI=1S/C23H25F4N3O3S/c24-20-13-18(12-16-6-7-28-14-19(16)20)34(32,33)29-21(22(31)30-8-1-2-9-30)11-15-4-3-5-17(10-15)23(25,26)27/h3-5,10,12-13,21,28-29H,1-2,6-9,11,14H2/t21-/m0/s1. The van der Waals surface area contributed by atoms with E-state index >= 15 is 0 Å². The second-order valence-electron chi connectivity index (χ2n) is 8.58. The Labute approximate surface area is 195 Å². The zero-order chi connectivity index (χ0) is 24.5. The molecule has 2 aliphatic rings. The maximum absolute atomic E-state index is 14.6. The first-order valence-corrected chi connectivity index (χ1v) is 12.5. The van der Waals surface area contributed by atoms with Crippen LogP contribution in [0.5, 0.6) is 0 Å². The number of halogens is 4. The van der Waals surface area contributed by atoms with E-state index in [-0.39, 0.29) is 16.9 Å². The molecular formula is C23H25F4N3O3S. The Bertz CT molecular complexity index is 1180. The van der Waals surface area contributed by atoms with Crippen LogP contribution in [-0.4, -0.2) is 44.9 Å². The minimum atomic E-state index is -4.57. The third-order valence-corrected chi connectivity index (χ3v) is 7.60. The average Bonchev–Trinajstić information content (AvgIpc) is 3.33. The van der Waals surface area contributed by atoms with Gasteiger partial charge in [-0.05, 0) is 61.6 Å². The Morgan fingerprint density at radius 2 is 1.88 bits per heavy atom. The van der Waals surface area contributed by atoms with Gasteiger partial charge in [-0.15, -0.1) is 0 Å². The van der Waals surface area contributed by atoms with Crippen molar-refractivity contribution in [3.8, 4) is 0 Å². The van der Waals surface area contributed by atoms with Crippen LogP contribution in [0.25, 0.3) is 0 Å². The van der Waals surface area contributed by atoms with Crippen LogP contribution in [0.3, 0.4) is 0 Å². The number of nitrogens with zero attached hydrogens (tertiary/aromatic N) is 1. The van der Waals surface area contributed by atoms with E-state index in [4.69, 9.17) is 0 Å². The number of hydrogen-bond donors (Lipinski definition) is 2. The first-order valence-electron chi connectivity index (χ1n) is 11.0. The van der Waals surface area contributed by atoms with Gasteiger partial charge in [-0.3, -0.25) is 4.79 Å². The van der Waals surface area contributed by atoms with Crippen molar-refractivity contribution < 1.29 is 30.8 Å². The lowest BCUT2D eigenvalue weighted by atomic mass is 10.0. The molecule has 0 aromatic heterocycles. The molecule has 0 bridgehead atoms. The van der Waals surface area contributed by atoms with E-state index in [2.05, 4.69) is 10.0 Å². The summed E-state index contributed by atoms with van der Waals surface area (Å²) >= 11 is 0. The summed E-state index contributed by atoms with van der Waals surface area (Å²) in [5.41, 5.74) is 0.252. The number of nitrogens with one attached hydrogen (secondary N) is 2. The van der Waals surface area contributed by atoms with Crippen LogP contribution in [0.2, 0.25) is 0 Å². The predicted octanol–water partition coefficient (Wildman–Crippen LogP) is 3.00. The fraction of sp³-hybridized carbons (Fsp3) is 0.435. The molecule has 1 fully saturated rings. The number of likely N-dealkylation sites (tertiary alicyclic amines) is 1. The number of hydrogen-bond acceptors (Lipinski definition) is 4. The highest BCUT2D eigenvalue weighted by Gasteiger charge is 2.34. The zero-order valence-electron chi connectivity index (χ0n) is 18.3. The molecule has 1 saturated heterocycles. The van der Waals surface area contributed by atoms with Crippen molar-refractivity contribution in [1.82, 2.24) is 14.9 Å². The topological polar surface area (TPSA) is 78.5 Å². The van der Waals surface area contributed by atoms with Gasteiger partial charge in [0, 0.05) is 25.2 Å². The first kappa shape index (κ1) is 24.6. The SMILES string of the molecule is O=C([C@H](Cc1cccc(C(F)(F)F)c1)NS(=O)(=O)c1cc(F)c2c(c1)CCNC2)N1CCCC1. The van der Waals surface area contributed by atoms with E-state index in [0.29, 0.717) is 43.7 Å². The van der Waals surface area contributed by atoms with Crippen molar-refractivity contribution in [3.63, 3.8) is 0 Å². The highest BCUT2D eigenvalue weighted by molar-refractivity contribution is 7.89. The average molecular weight is 500 g/mol. The molecule has 2 aromatic carbocycles. The first-order chi connectivity index (χ1) is 16.0. The Balaban J connectivity index is 1.64. The summed E-state index contributed by atoms with van der Waals surface area (Å²) in [5, 5.41) is 3.03. The normalized spacial score (nSPS) is 17.5. The van der Waals surface area contributed by atoms with E-state index < -0.39 is 39.5 Å². The molecule has 184 valence electrons. The molecule has 0 radical (unpaired) electrons. The Hall–Kier alpha value is -2.50. The van der Waals surface area contributed by atoms with Crippen molar-refractivity contribution >= 4 is 15.9 Å². The highest BCUT2D eigenvalue weighted by atomic mass is 32.2. The van der Waals surface area contributed by atoms with Crippen LogP contribution < -0.4 is 10.0 Å². The fourth-order valence-corrected chi connectivity index (χ4v) is 5.63. The second-order valence-corrected chi connectivity index (χ2v) is 10.3. The lowest BCUT2D eigenvalue weighted by Crippen LogP contribution is -2.49. The third kappa shape index (κ3) is 5.42. The van der Waals surface area contributed by atoms with Crippen LogP contribution in [0.4, 0.5) is 17.6 Å². The van der Waals surface area contributed by atoms with Crippen molar-refractivity contribution in [3.05, 3.63) is 64.5 Å². The summed E-state index contributed by atoms with van der Waals surface area (Å²) < 4.78 is 82.7. The summed E-state index contributed by atoms with van der Waals surface area (Å²) in [4.78, 5) is 14.3. The summed E-state index contributed by atoms with van der Waals surface area (Å²) in [6.45, 7) is 1.76. The minimum absolute atomic E-state index is 0.165. The molecule has 2 N–H and O–H groups in total. The quantitative estimate of drug-likeness (QED) is 0.599. The second kappa shape index (κ2) is 9.63. The molecule has 1 amide bonds. The van der Waals surface area contributed by atoms with Gasteiger partial charge >= 0.3 is 6.18 Å². The summed E-state index contributed by atoms with van der Waals surface area (Å²) in [7, 11) is -4.33. The van der Waals surface area contributed by atoms with E-state index in [1.165, 1.54) is 23.1 Å². The van der Waals surface area contributed by atoms with Gasteiger partial charge in [-0.1, -0.05) is 18.2 Å². The van der Waals surface area contributed by atoms with Gasteiger partial charge in [0.1, 0.15) is 11.9 Å². The van der Waals surface area contributed by atoms with Crippen LogP contribution in [0.1, 0.15) is 35.1 Å². The predicted molar refractivity (Wildman–Crippen MR) is 117 cm³/mol. The van der Waals surface area contributed by atoms with Crippen molar-refractivity contribution in [2.45, 2.75) is 49.3 Å². The zero-order valence-corrected chi connectivity index (χ0v) is 19.1. The molecule has 6 nitrogen and oxygen atoms in total. The maximum Gasteiger partial charge on any atom is 0.416 e. The Kier molecular flexibility index (Phi) is 6.97. The number of fused-ring (bicyclic) bond motifs is 1. The lowest BCUT2D eigenvalue weighted by molar-refractivity contribution is -0.137. The van der Waals surface area contributed by atoms with Crippen molar-refractivity contribution in [2.75, 3.05) is 19.6 Å². The van der Waals surface area contributed by atoms with Gasteiger partial charge in [-0.25, -0.2) is 12.8 Å². The molecular weight excluding hydrogens is 474 g/mol.